The first-order valence-electron chi connectivity index (χ1n) is 10.4. The molecule has 5 heteroatoms. The molecule has 0 fully saturated rings. The number of carbonyl (C=O) groups is 2. The predicted octanol–water partition coefficient (Wildman–Crippen LogP) is 5.46. The zero-order valence-corrected chi connectivity index (χ0v) is 17.6. The van der Waals surface area contributed by atoms with E-state index >= 15 is 0 Å². The first-order valence-corrected chi connectivity index (χ1v) is 10.4. The Morgan fingerprint density at radius 3 is 2.17 bits per heavy atom. The van der Waals surface area contributed by atoms with E-state index in [1.807, 2.05) is 6.07 Å². The van der Waals surface area contributed by atoms with Gasteiger partial charge >= 0.3 is 5.97 Å². The highest BCUT2D eigenvalue weighted by atomic mass is 16.5. The second kappa shape index (κ2) is 12.5. The van der Waals surface area contributed by atoms with Crippen molar-refractivity contribution >= 4 is 11.8 Å². The third-order valence-electron chi connectivity index (χ3n) is 4.64. The van der Waals surface area contributed by atoms with Gasteiger partial charge < -0.3 is 14.6 Å². The predicted molar refractivity (Wildman–Crippen MR) is 117 cm³/mol. The molecular formula is C25H30O5. The zero-order valence-electron chi connectivity index (χ0n) is 17.6. The molecule has 5 nitrogen and oxygen atoms in total. The summed E-state index contributed by atoms with van der Waals surface area (Å²) in [6, 6.07) is 13.7. The number of carbonyl (C=O) groups excluding carboxylic acids is 2. The molecule has 0 bridgehead atoms. The van der Waals surface area contributed by atoms with E-state index in [0.29, 0.717) is 30.1 Å². The van der Waals surface area contributed by atoms with Crippen molar-refractivity contribution in [1.29, 1.82) is 0 Å². The second-order valence-electron chi connectivity index (χ2n) is 7.26. The lowest BCUT2D eigenvalue weighted by atomic mass is 10.0. The summed E-state index contributed by atoms with van der Waals surface area (Å²) in [5.74, 6) is -0.0603. The van der Waals surface area contributed by atoms with Gasteiger partial charge in [-0.25, -0.2) is 4.79 Å². The topological polar surface area (TPSA) is 72.8 Å². The fourth-order valence-corrected chi connectivity index (χ4v) is 2.93. The fourth-order valence-electron chi connectivity index (χ4n) is 2.93. The van der Waals surface area contributed by atoms with Crippen molar-refractivity contribution in [2.24, 2.45) is 0 Å². The van der Waals surface area contributed by atoms with Gasteiger partial charge in [0.15, 0.2) is 5.78 Å². The number of ether oxygens (including phenoxy) is 2. The van der Waals surface area contributed by atoms with Crippen LogP contribution in [0.15, 0.2) is 60.7 Å². The van der Waals surface area contributed by atoms with Crippen LogP contribution >= 0.6 is 0 Å². The summed E-state index contributed by atoms with van der Waals surface area (Å²) >= 11 is 0. The molecule has 0 radical (unpaired) electrons. The van der Waals surface area contributed by atoms with E-state index in [-0.39, 0.29) is 23.1 Å². The van der Waals surface area contributed by atoms with Crippen molar-refractivity contribution in [1.82, 2.24) is 0 Å². The molecule has 0 amide bonds. The lowest BCUT2D eigenvalue weighted by molar-refractivity contribution is -0.139. The van der Waals surface area contributed by atoms with Crippen molar-refractivity contribution in [3.8, 4) is 11.5 Å². The van der Waals surface area contributed by atoms with Crippen molar-refractivity contribution in [3.05, 3.63) is 71.8 Å². The highest BCUT2D eigenvalue weighted by Gasteiger charge is 2.14. The molecule has 0 saturated carbocycles. The van der Waals surface area contributed by atoms with Gasteiger partial charge in [0, 0.05) is 17.2 Å². The molecule has 2 aromatic carbocycles. The zero-order chi connectivity index (χ0) is 21.8. The maximum absolute atomic E-state index is 12.4. The van der Waals surface area contributed by atoms with Crippen LogP contribution in [0, 0.1) is 0 Å². The Morgan fingerprint density at radius 2 is 1.53 bits per heavy atom. The molecule has 0 aliphatic carbocycles. The van der Waals surface area contributed by atoms with E-state index < -0.39 is 0 Å². The lowest BCUT2D eigenvalue weighted by Gasteiger charge is -2.09. The Balaban J connectivity index is 1.61. The number of hydrogen-bond acceptors (Lipinski definition) is 5. The normalized spacial score (nSPS) is 10.4. The second-order valence-corrected chi connectivity index (χ2v) is 7.26. The summed E-state index contributed by atoms with van der Waals surface area (Å²) in [4.78, 5) is 23.7. The number of unbranched alkanes of at least 4 members (excludes halogenated alkanes) is 5. The van der Waals surface area contributed by atoms with Crippen LogP contribution in [0.4, 0.5) is 0 Å². The monoisotopic (exact) mass is 410 g/mol. The first-order chi connectivity index (χ1) is 14.5. The molecule has 0 unspecified atom stereocenters. The Bertz CT molecular complexity index is 842. The summed E-state index contributed by atoms with van der Waals surface area (Å²) in [5, 5.41) is 10.2. The minimum absolute atomic E-state index is 0.0753. The molecule has 1 N–H and O–H groups in total. The van der Waals surface area contributed by atoms with Crippen molar-refractivity contribution in [3.63, 3.8) is 0 Å². The highest BCUT2D eigenvalue weighted by molar-refractivity contribution is 6.10. The lowest BCUT2D eigenvalue weighted by Crippen LogP contribution is -2.06. The smallest absolute Gasteiger partial charge is 0.333 e. The molecule has 0 spiro atoms. The van der Waals surface area contributed by atoms with Crippen molar-refractivity contribution in [2.75, 3.05) is 13.2 Å². The fraction of sp³-hybridized carbons (Fsp3) is 0.360. The van der Waals surface area contributed by atoms with E-state index in [0.717, 1.165) is 38.5 Å². The van der Waals surface area contributed by atoms with Gasteiger partial charge in [-0.3, -0.25) is 4.79 Å². The Labute approximate surface area is 178 Å². The van der Waals surface area contributed by atoms with Crippen molar-refractivity contribution < 1.29 is 24.2 Å². The first kappa shape index (κ1) is 23.2. The number of rotatable bonds is 13. The molecule has 0 saturated heterocycles. The van der Waals surface area contributed by atoms with E-state index in [2.05, 4.69) is 6.58 Å². The molecule has 0 aromatic heterocycles. The molecule has 30 heavy (non-hydrogen) atoms. The summed E-state index contributed by atoms with van der Waals surface area (Å²) in [7, 11) is 0. The molecular weight excluding hydrogens is 380 g/mol. The van der Waals surface area contributed by atoms with Gasteiger partial charge in [0.05, 0.1) is 18.8 Å². The third kappa shape index (κ3) is 7.74. The minimum Gasteiger partial charge on any atom is -0.507 e. The highest BCUT2D eigenvalue weighted by Crippen LogP contribution is 2.26. The molecule has 0 atom stereocenters. The van der Waals surface area contributed by atoms with Gasteiger partial charge in [0.25, 0.3) is 0 Å². The van der Waals surface area contributed by atoms with Gasteiger partial charge in [-0.15, -0.1) is 0 Å². The molecule has 0 aliphatic heterocycles. The number of phenolic OH excluding ortho intramolecular Hbond substituents is 1. The van der Waals surface area contributed by atoms with Gasteiger partial charge in [-0.1, -0.05) is 62.6 Å². The Kier molecular flexibility index (Phi) is 9.65. The Morgan fingerprint density at radius 1 is 0.900 bits per heavy atom. The van der Waals surface area contributed by atoms with Gasteiger partial charge in [0.1, 0.15) is 11.5 Å². The quantitative estimate of drug-likeness (QED) is 0.205. The van der Waals surface area contributed by atoms with Crippen LogP contribution in [-0.4, -0.2) is 30.1 Å². The molecule has 0 heterocycles. The van der Waals surface area contributed by atoms with Crippen LogP contribution in [0.1, 0.15) is 61.4 Å². The van der Waals surface area contributed by atoms with E-state index in [1.54, 1.807) is 43.3 Å². The summed E-state index contributed by atoms with van der Waals surface area (Å²) < 4.78 is 10.7. The SMILES string of the molecule is C=C(C)C(=O)OCCCCCCCCOc1ccc(C(=O)c2ccccc2)c(O)c1. The number of aromatic hydroxyl groups is 1. The molecule has 0 aliphatic rings. The van der Waals surface area contributed by atoms with Crippen LogP contribution in [0.3, 0.4) is 0 Å². The van der Waals surface area contributed by atoms with Crippen LogP contribution in [0.5, 0.6) is 11.5 Å². The maximum atomic E-state index is 12.4. The standard InChI is InChI=1S/C25H30O5/c1-19(2)25(28)30-17-11-6-4-3-5-10-16-29-21-14-15-22(23(26)18-21)24(27)20-12-8-7-9-13-20/h7-9,12-15,18,26H,1,3-6,10-11,16-17H2,2H3. The molecule has 2 aromatic rings. The van der Waals surface area contributed by atoms with E-state index in [4.69, 9.17) is 9.47 Å². The van der Waals surface area contributed by atoms with Gasteiger partial charge in [-0.2, -0.15) is 0 Å². The molecule has 160 valence electrons. The number of hydrogen-bond donors (Lipinski definition) is 1. The van der Waals surface area contributed by atoms with Crippen LogP contribution in [0.25, 0.3) is 0 Å². The number of esters is 1. The summed E-state index contributed by atoms with van der Waals surface area (Å²) in [5.41, 5.74) is 1.23. The summed E-state index contributed by atoms with van der Waals surface area (Å²) in [6.07, 6.45) is 6.02. The third-order valence-corrected chi connectivity index (χ3v) is 4.64. The average Bonchev–Trinajstić information content (AvgIpc) is 2.75. The number of phenols is 1. The number of benzene rings is 2. The Hall–Kier alpha value is -3.08. The van der Waals surface area contributed by atoms with Crippen LogP contribution < -0.4 is 4.74 Å². The number of ketones is 1. The van der Waals surface area contributed by atoms with Gasteiger partial charge in [-0.05, 0) is 31.9 Å². The van der Waals surface area contributed by atoms with Gasteiger partial charge in [0.2, 0.25) is 0 Å². The molecule has 2 rings (SSSR count). The average molecular weight is 411 g/mol. The largest absolute Gasteiger partial charge is 0.507 e. The maximum Gasteiger partial charge on any atom is 0.333 e. The van der Waals surface area contributed by atoms with E-state index in [1.165, 1.54) is 6.07 Å². The van der Waals surface area contributed by atoms with Crippen molar-refractivity contribution in [2.45, 2.75) is 45.4 Å². The van der Waals surface area contributed by atoms with Crippen LogP contribution in [-0.2, 0) is 9.53 Å². The van der Waals surface area contributed by atoms with E-state index in [9.17, 15) is 14.7 Å². The summed E-state index contributed by atoms with van der Waals surface area (Å²) in [6.45, 7) is 6.19. The minimum atomic E-state index is -0.323. The van der Waals surface area contributed by atoms with Crippen LogP contribution in [0.2, 0.25) is 0 Å².